The Kier molecular flexibility index (Phi) is 3.84. The third kappa shape index (κ3) is 2.51. The Balaban J connectivity index is 2.13. The summed E-state index contributed by atoms with van der Waals surface area (Å²) in [7, 11) is 3.52. The first-order valence-electron chi connectivity index (χ1n) is 6.22. The number of nitrogens with one attached hydrogen (secondary N) is 1. The van der Waals surface area contributed by atoms with Gasteiger partial charge in [0.2, 0.25) is 0 Å². The largest absolute Gasteiger partial charge is 0.419 e. The molecule has 1 N–H and O–H groups in total. The van der Waals surface area contributed by atoms with Gasteiger partial charge < -0.3 is 9.73 Å². The van der Waals surface area contributed by atoms with Crippen LogP contribution in [-0.2, 0) is 7.05 Å². The van der Waals surface area contributed by atoms with E-state index in [4.69, 9.17) is 27.6 Å². The van der Waals surface area contributed by atoms with Gasteiger partial charge >= 0.3 is 5.76 Å². The number of nitrogens with zero attached hydrogens (tertiary/aromatic N) is 1. The molecule has 0 fully saturated rings. The molecule has 0 bridgehead atoms. The van der Waals surface area contributed by atoms with Crippen LogP contribution in [-0.4, -0.2) is 11.6 Å². The van der Waals surface area contributed by atoms with E-state index in [2.05, 4.69) is 5.32 Å². The summed E-state index contributed by atoms with van der Waals surface area (Å²) in [5.74, 6) is -0.375. The summed E-state index contributed by atoms with van der Waals surface area (Å²) >= 11 is 13.6. The number of aromatic nitrogens is 1. The lowest BCUT2D eigenvalue weighted by atomic mass is 10.0. The zero-order valence-corrected chi connectivity index (χ0v) is 13.6. The molecule has 1 atom stereocenters. The molecule has 2 aromatic heterocycles. The molecule has 3 aromatic rings. The molecule has 0 amide bonds. The minimum atomic E-state index is -0.375. The minimum absolute atomic E-state index is 0.115. The van der Waals surface area contributed by atoms with Gasteiger partial charge in [0.05, 0.1) is 20.2 Å². The topological polar surface area (TPSA) is 47.2 Å². The van der Waals surface area contributed by atoms with Crippen molar-refractivity contribution in [3.05, 3.63) is 54.6 Å². The molecule has 21 heavy (non-hydrogen) atoms. The highest BCUT2D eigenvalue weighted by Crippen LogP contribution is 2.37. The maximum absolute atomic E-state index is 11.6. The maximum atomic E-state index is 11.6. The molecule has 0 aliphatic carbocycles. The van der Waals surface area contributed by atoms with Crippen LogP contribution in [0.3, 0.4) is 0 Å². The highest BCUT2D eigenvalue weighted by Gasteiger charge is 2.19. The second kappa shape index (κ2) is 5.50. The van der Waals surface area contributed by atoms with Gasteiger partial charge in [-0.05, 0) is 30.8 Å². The van der Waals surface area contributed by atoms with Crippen molar-refractivity contribution in [2.45, 2.75) is 6.04 Å². The summed E-state index contributed by atoms with van der Waals surface area (Å²) in [5.41, 5.74) is 3.17. The summed E-state index contributed by atoms with van der Waals surface area (Å²) in [6, 6.07) is 7.39. The maximum Gasteiger partial charge on any atom is 0.419 e. The number of benzene rings is 1. The van der Waals surface area contributed by atoms with Crippen LogP contribution in [0.15, 0.2) is 33.5 Å². The van der Waals surface area contributed by atoms with Gasteiger partial charge in [-0.15, -0.1) is 11.3 Å². The van der Waals surface area contributed by atoms with Gasteiger partial charge in [-0.2, -0.15) is 0 Å². The highest BCUT2D eigenvalue weighted by atomic mass is 35.5. The predicted octanol–water partition coefficient (Wildman–Crippen LogP) is 3.81. The first kappa shape index (κ1) is 14.7. The van der Waals surface area contributed by atoms with Crippen molar-refractivity contribution < 1.29 is 4.42 Å². The van der Waals surface area contributed by atoms with Gasteiger partial charge in [-0.1, -0.05) is 29.3 Å². The molecule has 0 spiro atoms. The summed E-state index contributed by atoms with van der Waals surface area (Å²) < 4.78 is 7.99. The average Bonchev–Trinajstić information content (AvgIpc) is 2.91. The quantitative estimate of drug-likeness (QED) is 0.787. The van der Waals surface area contributed by atoms with E-state index in [1.807, 2.05) is 31.3 Å². The van der Waals surface area contributed by atoms with Gasteiger partial charge in [-0.3, -0.25) is 4.57 Å². The second-order valence-corrected chi connectivity index (χ2v) is 6.94. The molecule has 0 aliphatic rings. The molecule has 0 saturated carbocycles. The van der Waals surface area contributed by atoms with Crippen molar-refractivity contribution >= 4 is 45.6 Å². The van der Waals surface area contributed by atoms with E-state index >= 15 is 0 Å². The predicted molar refractivity (Wildman–Crippen MR) is 86.7 cm³/mol. The second-order valence-electron chi connectivity index (χ2n) is 4.66. The number of rotatable bonds is 3. The van der Waals surface area contributed by atoms with Gasteiger partial charge in [0.1, 0.15) is 0 Å². The lowest BCUT2D eigenvalue weighted by molar-refractivity contribution is 0.527. The van der Waals surface area contributed by atoms with E-state index in [0.717, 1.165) is 16.6 Å². The molecular formula is C14H12Cl2N2O2S. The van der Waals surface area contributed by atoms with Crippen molar-refractivity contribution in [3.8, 4) is 0 Å². The Morgan fingerprint density at radius 3 is 2.71 bits per heavy atom. The molecule has 0 aliphatic heterocycles. The summed E-state index contributed by atoms with van der Waals surface area (Å²) in [6.07, 6.45) is 0. The molecule has 1 unspecified atom stereocenters. The lowest BCUT2D eigenvalue weighted by Gasteiger charge is -2.16. The third-order valence-electron chi connectivity index (χ3n) is 3.43. The molecule has 1 aromatic carbocycles. The Hall–Kier alpha value is -1.27. The normalized spacial score (nSPS) is 13.0. The van der Waals surface area contributed by atoms with Gasteiger partial charge in [0.15, 0.2) is 5.58 Å². The molecule has 110 valence electrons. The molecule has 3 rings (SSSR count). The molecule has 7 heteroatoms. The molecule has 4 nitrogen and oxygen atoms in total. The Labute approximate surface area is 134 Å². The summed E-state index contributed by atoms with van der Waals surface area (Å²) in [4.78, 5) is 11.6. The number of thiophene rings is 1. The van der Waals surface area contributed by atoms with Crippen molar-refractivity contribution in [2.24, 2.45) is 7.05 Å². The van der Waals surface area contributed by atoms with Crippen molar-refractivity contribution in [2.75, 3.05) is 7.05 Å². The number of hydrogen-bond donors (Lipinski definition) is 1. The van der Waals surface area contributed by atoms with Crippen LogP contribution in [0.4, 0.5) is 0 Å². The van der Waals surface area contributed by atoms with E-state index in [-0.39, 0.29) is 11.8 Å². The van der Waals surface area contributed by atoms with Gasteiger partial charge in [-0.25, -0.2) is 4.79 Å². The highest BCUT2D eigenvalue weighted by molar-refractivity contribution is 7.20. The van der Waals surface area contributed by atoms with E-state index < -0.39 is 0 Å². The van der Waals surface area contributed by atoms with Crippen LogP contribution >= 0.6 is 34.5 Å². The Morgan fingerprint density at radius 2 is 2.10 bits per heavy atom. The number of hydrogen-bond acceptors (Lipinski definition) is 4. The number of oxazole rings is 1. The zero-order valence-electron chi connectivity index (χ0n) is 11.3. The van der Waals surface area contributed by atoms with Crippen LogP contribution in [0.5, 0.6) is 0 Å². The van der Waals surface area contributed by atoms with Crippen LogP contribution in [0.2, 0.25) is 8.67 Å². The zero-order chi connectivity index (χ0) is 15.1. The standard InChI is InChI=1S/C14H12Cl2N2O2S/c1-17-12(8-6-11(15)21-13(8)16)7-3-4-9-10(5-7)20-14(19)18(9)2/h3-6,12,17H,1-2H3. The fraction of sp³-hybridized carbons (Fsp3) is 0.214. The number of fused-ring (bicyclic) bond motifs is 1. The van der Waals surface area contributed by atoms with E-state index in [1.54, 1.807) is 7.05 Å². The average molecular weight is 343 g/mol. The van der Waals surface area contributed by atoms with Crippen LogP contribution in [0.25, 0.3) is 11.1 Å². The third-order valence-corrected chi connectivity index (χ3v) is 4.95. The van der Waals surface area contributed by atoms with Crippen molar-refractivity contribution in [1.29, 1.82) is 0 Å². The van der Waals surface area contributed by atoms with Crippen molar-refractivity contribution in [1.82, 2.24) is 9.88 Å². The number of aryl methyl sites for hydroxylation is 1. The lowest BCUT2D eigenvalue weighted by Crippen LogP contribution is -2.17. The summed E-state index contributed by atoms with van der Waals surface area (Å²) in [5, 5.41) is 3.21. The molecule has 0 radical (unpaired) electrons. The molecular weight excluding hydrogens is 331 g/mol. The molecule has 0 saturated heterocycles. The number of halogens is 2. The van der Waals surface area contributed by atoms with Gasteiger partial charge in [0, 0.05) is 12.6 Å². The monoisotopic (exact) mass is 342 g/mol. The fourth-order valence-corrected chi connectivity index (χ4v) is 3.91. The first-order valence-corrected chi connectivity index (χ1v) is 7.80. The summed E-state index contributed by atoms with van der Waals surface area (Å²) in [6.45, 7) is 0. The van der Waals surface area contributed by atoms with E-state index in [1.165, 1.54) is 15.9 Å². The van der Waals surface area contributed by atoms with E-state index in [0.29, 0.717) is 14.3 Å². The minimum Gasteiger partial charge on any atom is -0.408 e. The molecule has 2 heterocycles. The van der Waals surface area contributed by atoms with Crippen LogP contribution in [0.1, 0.15) is 17.2 Å². The van der Waals surface area contributed by atoms with Crippen LogP contribution in [0, 0.1) is 0 Å². The van der Waals surface area contributed by atoms with E-state index in [9.17, 15) is 4.79 Å². The smallest absolute Gasteiger partial charge is 0.408 e. The van der Waals surface area contributed by atoms with Crippen molar-refractivity contribution in [3.63, 3.8) is 0 Å². The SMILES string of the molecule is CNC(c1ccc2c(c1)oc(=O)n2C)c1cc(Cl)sc1Cl. The fourth-order valence-electron chi connectivity index (χ4n) is 2.38. The first-order chi connectivity index (χ1) is 10.0. The van der Waals surface area contributed by atoms with Crippen LogP contribution < -0.4 is 11.1 Å². The Bertz CT molecular complexity index is 866. The Morgan fingerprint density at radius 1 is 1.33 bits per heavy atom. The van der Waals surface area contributed by atoms with Gasteiger partial charge in [0.25, 0.3) is 0 Å².